The van der Waals surface area contributed by atoms with Crippen molar-refractivity contribution in [3.63, 3.8) is 0 Å². The van der Waals surface area contributed by atoms with Gasteiger partial charge in [-0.05, 0) is 48.8 Å². The van der Waals surface area contributed by atoms with Gasteiger partial charge in [0.15, 0.2) is 5.11 Å². The van der Waals surface area contributed by atoms with E-state index in [-0.39, 0.29) is 17.0 Å². The molecule has 4 N–H and O–H groups in total. The Balaban J connectivity index is 1.81. The van der Waals surface area contributed by atoms with Crippen LogP contribution in [0.2, 0.25) is 0 Å². The lowest BCUT2D eigenvalue weighted by atomic mass is 10.1. The Morgan fingerprint density at radius 3 is 2.57 bits per heavy atom. The number of rotatable bonds is 6. The van der Waals surface area contributed by atoms with Crippen molar-refractivity contribution < 1.29 is 15.0 Å². The van der Waals surface area contributed by atoms with Crippen LogP contribution in [0, 0.1) is 0 Å². The van der Waals surface area contributed by atoms with E-state index in [1.807, 2.05) is 18.2 Å². The molecule has 2 rings (SSSR count). The van der Waals surface area contributed by atoms with Crippen molar-refractivity contribution in [1.29, 1.82) is 0 Å². The Morgan fingerprint density at radius 1 is 1.13 bits per heavy atom. The van der Waals surface area contributed by atoms with Crippen LogP contribution in [0.1, 0.15) is 22.3 Å². The first-order chi connectivity index (χ1) is 11.1. The predicted molar refractivity (Wildman–Crippen MR) is 94.1 cm³/mol. The van der Waals surface area contributed by atoms with Crippen molar-refractivity contribution in [2.75, 3.05) is 11.9 Å². The zero-order valence-corrected chi connectivity index (χ0v) is 13.3. The van der Waals surface area contributed by atoms with Crippen LogP contribution in [0.5, 0.6) is 5.75 Å². The Bertz CT molecular complexity index is 689. The van der Waals surface area contributed by atoms with Gasteiger partial charge in [-0.1, -0.05) is 30.3 Å². The second-order valence-corrected chi connectivity index (χ2v) is 5.42. The number of benzene rings is 2. The highest BCUT2D eigenvalue weighted by Gasteiger charge is 2.08. The van der Waals surface area contributed by atoms with Gasteiger partial charge in [0, 0.05) is 6.54 Å². The average Bonchev–Trinajstić information content (AvgIpc) is 2.54. The van der Waals surface area contributed by atoms with Crippen LogP contribution in [0.3, 0.4) is 0 Å². The van der Waals surface area contributed by atoms with E-state index in [0.717, 1.165) is 12.8 Å². The lowest BCUT2D eigenvalue weighted by Gasteiger charge is -2.12. The minimum Gasteiger partial charge on any atom is -0.506 e. The zero-order valence-electron chi connectivity index (χ0n) is 12.5. The molecule has 2 aromatic carbocycles. The van der Waals surface area contributed by atoms with E-state index in [1.54, 1.807) is 0 Å². The topological polar surface area (TPSA) is 81.6 Å². The third kappa shape index (κ3) is 5.27. The summed E-state index contributed by atoms with van der Waals surface area (Å²) in [5, 5.41) is 24.9. The summed E-state index contributed by atoms with van der Waals surface area (Å²) in [5.41, 5.74) is 1.61. The van der Waals surface area contributed by atoms with Crippen LogP contribution in [-0.2, 0) is 6.42 Å². The summed E-state index contributed by atoms with van der Waals surface area (Å²) in [5.74, 6) is -1.11. The minimum absolute atomic E-state index is 0.0524. The number of carboxylic acid groups (broad SMARTS) is 1. The lowest BCUT2D eigenvalue weighted by Crippen LogP contribution is -2.29. The molecule has 0 aromatic heterocycles. The summed E-state index contributed by atoms with van der Waals surface area (Å²) in [4.78, 5) is 10.9. The van der Waals surface area contributed by atoms with Crippen molar-refractivity contribution in [3.05, 3.63) is 59.7 Å². The largest absolute Gasteiger partial charge is 0.506 e. The molecule has 0 atom stereocenters. The highest BCUT2D eigenvalue weighted by atomic mass is 32.1. The maximum Gasteiger partial charge on any atom is 0.335 e. The van der Waals surface area contributed by atoms with Gasteiger partial charge < -0.3 is 20.8 Å². The summed E-state index contributed by atoms with van der Waals surface area (Å²) >= 11 is 5.15. The number of aromatic hydroxyl groups is 1. The van der Waals surface area contributed by atoms with Crippen molar-refractivity contribution in [2.24, 2.45) is 0 Å². The summed E-state index contributed by atoms with van der Waals surface area (Å²) in [6, 6.07) is 14.1. The van der Waals surface area contributed by atoms with Crippen LogP contribution in [0.25, 0.3) is 0 Å². The summed E-state index contributed by atoms with van der Waals surface area (Å²) in [7, 11) is 0. The molecule has 0 bridgehead atoms. The summed E-state index contributed by atoms with van der Waals surface area (Å²) in [6.45, 7) is 0.681. The molecule has 0 amide bonds. The van der Waals surface area contributed by atoms with Crippen molar-refractivity contribution >= 4 is 29.0 Å². The van der Waals surface area contributed by atoms with E-state index in [0.29, 0.717) is 11.7 Å². The number of anilines is 1. The molecular weight excluding hydrogens is 312 g/mol. The maximum atomic E-state index is 10.9. The van der Waals surface area contributed by atoms with Gasteiger partial charge in [-0.15, -0.1) is 0 Å². The van der Waals surface area contributed by atoms with Gasteiger partial charge in [0.25, 0.3) is 0 Å². The summed E-state index contributed by atoms with van der Waals surface area (Å²) < 4.78 is 0. The van der Waals surface area contributed by atoms with Gasteiger partial charge in [-0.2, -0.15) is 0 Å². The number of nitrogens with one attached hydrogen (secondary N) is 2. The molecule has 0 aliphatic heterocycles. The Morgan fingerprint density at radius 2 is 1.87 bits per heavy atom. The van der Waals surface area contributed by atoms with Crippen molar-refractivity contribution in [1.82, 2.24) is 5.32 Å². The smallest absolute Gasteiger partial charge is 0.335 e. The van der Waals surface area contributed by atoms with Crippen molar-refractivity contribution in [3.8, 4) is 5.75 Å². The highest BCUT2D eigenvalue weighted by molar-refractivity contribution is 7.80. The second kappa shape index (κ2) is 8.14. The van der Waals surface area contributed by atoms with Gasteiger partial charge in [-0.3, -0.25) is 0 Å². The lowest BCUT2D eigenvalue weighted by molar-refractivity contribution is 0.0697. The highest BCUT2D eigenvalue weighted by Crippen LogP contribution is 2.24. The van der Waals surface area contributed by atoms with Gasteiger partial charge in [0.05, 0.1) is 11.3 Å². The number of thiocarbonyl (C=S) groups is 1. The summed E-state index contributed by atoms with van der Waals surface area (Å²) in [6.07, 6.45) is 1.85. The number of carboxylic acids is 1. The molecule has 2 aromatic rings. The number of aryl methyl sites for hydroxylation is 1. The normalized spacial score (nSPS) is 10.1. The van der Waals surface area contributed by atoms with E-state index >= 15 is 0 Å². The SMILES string of the molecule is O=C(O)c1ccc(O)c(NC(=S)NCCCc2ccccc2)c1. The van der Waals surface area contributed by atoms with E-state index in [9.17, 15) is 9.90 Å². The molecule has 0 heterocycles. The quantitative estimate of drug-likeness (QED) is 0.370. The average molecular weight is 330 g/mol. The molecule has 6 heteroatoms. The molecule has 0 spiro atoms. The second-order valence-electron chi connectivity index (χ2n) is 5.01. The number of hydrogen-bond acceptors (Lipinski definition) is 3. The third-order valence-corrected chi connectivity index (χ3v) is 3.51. The maximum absolute atomic E-state index is 10.9. The molecule has 0 unspecified atom stereocenters. The molecule has 5 nitrogen and oxygen atoms in total. The van der Waals surface area contributed by atoms with Gasteiger partial charge in [0.1, 0.15) is 5.75 Å². The standard InChI is InChI=1S/C17H18N2O3S/c20-15-9-8-13(16(21)22)11-14(15)19-17(23)18-10-4-7-12-5-2-1-3-6-12/h1-3,5-6,8-9,11,20H,4,7,10H2,(H,21,22)(H2,18,19,23). The Labute approximate surface area is 140 Å². The molecule has 0 saturated heterocycles. The van der Waals surface area contributed by atoms with Crippen LogP contribution < -0.4 is 10.6 Å². The van der Waals surface area contributed by atoms with Gasteiger partial charge in [0.2, 0.25) is 0 Å². The number of hydrogen-bond donors (Lipinski definition) is 4. The van der Waals surface area contributed by atoms with Crippen LogP contribution in [0.4, 0.5) is 5.69 Å². The molecule has 0 aliphatic carbocycles. The Hall–Kier alpha value is -2.60. The number of carbonyl (C=O) groups is 1. The molecule has 23 heavy (non-hydrogen) atoms. The minimum atomic E-state index is -1.06. The molecule has 0 radical (unpaired) electrons. The fourth-order valence-electron chi connectivity index (χ4n) is 2.07. The predicted octanol–water partition coefficient (Wildman–Crippen LogP) is 3.01. The van der Waals surface area contributed by atoms with E-state index in [2.05, 4.69) is 22.8 Å². The first kappa shape index (κ1) is 16.8. The van der Waals surface area contributed by atoms with Crippen molar-refractivity contribution in [2.45, 2.75) is 12.8 Å². The number of phenols is 1. The third-order valence-electron chi connectivity index (χ3n) is 3.26. The first-order valence-electron chi connectivity index (χ1n) is 7.21. The number of aromatic carboxylic acids is 1. The van der Waals surface area contributed by atoms with E-state index in [1.165, 1.54) is 23.8 Å². The van der Waals surface area contributed by atoms with E-state index < -0.39 is 5.97 Å². The molecule has 120 valence electrons. The van der Waals surface area contributed by atoms with Gasteiger partial charge in [-0.25, -0.2) is 4.79 Å². The molecule has 0 fully saturated rings. The van der Waals surface area contributed by atoms with Crippen LogP contribution in [-0.4, -0.2) is 27.8 Å². The fourth-order valence-corrected chi connectivity index (χ4v) is 2.29. The molecule has 0 aliphatic rings. The van der Waals surface area contributed by atoms with E-state index in [4.69, 9.17) is 17.3 Å². The Kier molecular flexibility index (Phi) is 5.94. The number of phenolic OH excluding ortho intramolecular Hbond substituents is 1. The molecule has 0 saturated carbocycles. The van der Waals surface area contributed by atoms with Gasteiger partial charge >= 0.3 is 5.97 Å². The molecular formula is C17H18N2O3S. The fraction of sp³-hybridized carbons (Fsp3) is 0.176. The zero-order chi connectivity index (χ0) is 16.7. The van der Waals surface area contributed by atoms with Crippen LogP contribution >= 0.6 is 12.2 Å². The van der Waals surface area contributed by atoms with Crippen LogP contribution in [0.15, 0.2) is 48.5 Å². The first-order valence-corrected chi connectivity index (χ1v) is 7.62. The monoisotopic (exact) mass is 330 g/mol.